The first-order chi connectivity index (χ1) is 31.8. The van der Waals surface area contributed by atoms with Gasteiger partial charge in [0.05, 0.1) is 6.42 Å². The van der Waals surface area contributed by atoms with Crippen LogP contribution in [0.1, 0.15) is 60.3 Å². The number of ether oxygens (including phenoxy) is 9. The van der Waals surface area contributed by atoms with E-state index < -0.39 is 73.1 Å². The smallest absolute Gasteiger partial charge is 0.312 e. The minimum Gasteiger partial charge on any atom is -0.485 e. The number of hydrogen-bond donors (Lipinski definition) is 1. The second kappa shape index (κ2) is 23.3. The highest BCUT2D eigenvalue weighted by atomic mass is 16.7. The lowest BCUT2D eigenvalue weighted by Gasteiger charge is -2.43. The van der Waals surface area contributed by atoms with E-state index in [0.717, 1.165) is 44.4 Å². The molecule has 16 heteroatoms. The number of amides is 1. The Balaban J connectivity index is 1.20. The molecule has 1 aliphatic rings. The summed E-state index contributed by atoms with van der Waals surface area (Å²) >= 11 is 0. The summed E-state index contributed by atoms with van der Waals surface area (Å²) in [5.41, 5.74) is 3.77. The minimum absolute atomic E-state index is 0.184. The maximum atomic E-state index is 14.0. The van der Waals surface area contributed by atoms with Crippen molar-refractivity contribution in [3.8, 4) is 17.2 Å². The molecule has 5 aromatic rings. The van der Waals surface area contributed by atoms with Crippen molar-refractivity contribution >= 4 is 41.4 Å². The molecule has 0 spiro atoms. The van der Waals surface area contributed by atoms with Crippen LogP contribution in [0, 0.1) is 0 Å². The summed E-state index contributed by atoms with van der Waals surface area (Å²) in [7, 11) is 0. The van der Waals surface area contributed by atoms with E-state index in [4.69, 9.17) is 42.6 Å². The van der Waals surface area contributed by atoms with Gasteiger partial charge in [0.1, 0.15) is 32.5 Å². The Hall–Kier alpha value is -7.72. The van der Waals surface area contributed by atoms with Crippen LogP contribution in [0.3, 0.4) is 0 Å². The molecule has 0 aromatic heterocycles. The van der Waals surface area contributed by atoms with Crippen molar-refractivity contribution in [1.82, 2.24) is 0 Å². The van der Waals surface area contributed by atoms with Crippen LogP contribution in [-0.2, 0) is 78.6 Å². The highest BCUT2D eigenvalue weighted by molar-refractivity contribution is 6.05. The van der Waals surface area contributed by atoms with Crippen molar-refractivity contribution < 1.29 is 71.4 Å². The van der Waals surface area contributed by atoms with Crippen LogP contribution in [0.15, 0.2) is 127 Å². The number of anilines is 1. The normalized spacial score (nSPS) is 17.5. The van der Waals surface area contributed by atoms with Crippen molar-refractivity contribution in [3.63, 3.8) is 0 Å². The molecule has 1 aliphatic heterocycles. The molecule has 6 rings (SSSR count). The fourth-order valence-electron chi connectivity index (χ4n) is 6.80. The highest BCUT2D eigenvalue weighted by Crippen LogP contribution is 2.41. The zero-order valence-corrected chi connectivity index (χ0v) is 36.7. The summed E-state index contributed by atoms with van der Waals surface area (Å²) in [5.74, 6) is -3.63. The van der Waals surface area contributed by atoms with E-state index in [1.165, 1.54) is 0 Å². The number of hydrogen-bond acceptors (Lipinski definition) is 15. The first-order valence-corrected chi connectivity index (χ1v) is 20.9. The van der Waals surface area contributed by atoms with E-state index in [9.17, 15) is 28.8 Å². The molecule has 1 fully saturated rings. The Labute approximate surface area is 380 Å². The van der Waals surface area contributed by atoms with Crippen molar-refractivity contribution in [1.29, 1.82) is 0 Å². The third-order valence-electron chi connectivity index (χ3n) is 9.74. The molecule has 1 N–H and O–H groups in total. The molecule has 0 unspecified atom stereocenters. The number of rotatable bonds is 19. The van der Waals surface area contributed by atoms with Crippen LogP contribution < -0.4 is 19.5 Å². The first kappa shape index (κ1) is 47.8. The molecule has 5 atom stereocenters. The van der Waals surface area contributed by atoms with Crippen LogP contribution in [-0.4, -0.2) is 73.1 Å². The molecule has 5 aromatic carbocycles. The van der Waals surface area contributed by atoms with Gasteiger partial charge in [-0.3, -0.25) is 28.8 Å². The minimum atomic E-state index is -1.69. The fraction of sp³-hybridized carbons (Fsp3) is 0.280. The van der Waals surface area contributed by atoms with Crippen molar-refractivity contribution in [2.75, 3.05) is 11.9 Å². The Morgan fingerprint density at radius 2 is 0.985 bits per heavy atom. The van der Waals surface area contributed by atoms with E-state index >= 15 is 0 Å². The monoisotopic (exact) mass is 903 g/mol. The van der Waals surface area contributed by atoms with Gasteiger partial charge < -0.3 is 47.9 Å². The van der Waals surface area contributed by atoms with Crippen LogP contribution in [0.5, 0.6) is 17.2 Å². The van der Waals surface area contributed by atoms with E-state index in [0.29, 0.717) is 17.0 Å². The SMILES string of the molecule is CC(=O)OC[C@H]1O[C@@H](OC(=O)Cc2ccc(NC(=O)c3cc(OCc4ccccc4)c(OCc4ccccc4)c(OCc4ccccc4)c3)cc2)[C@H](OC(C)=O)[C@@H](OC(C)=O)[C@@H]1OC(C)=O. The Bertz CT molecular complexity index is 2380. The third kappa shape index (κ3) is 14.1. The molecule has 1 saturated heterocycles. The highest BCUT2D eigenvalue weighted by Gasteiger charge is 2.53. The molecule has 0 radical (unpaired) electrons. The van der Waals surface area contributed by atoms with Crippen LogP contribution in [0.25, 0.3) is 0 Å². The number of esters is 5. The number of carbonyl (C=O) groups is 6. The standard InChI is InChI=1S/C50H49NO15/c1-31(52)58-30-43-46(62-32(2)53)47(63-33(3)54)48(64-34(4)55)50(65-43)66-44(56)24-35-20-22-40(23-21-35)51-49(57)39-25-41(59-27-36-14-8-5-9-15-36)45(61-29-38-18-12-7-13-19-38)42(26-39)60-28-37-16-10-6-11-17-37/h5-23,25-26,43,46-48,50H,24,27-30H2,1-4H3,(H,51,57)/t43-,46-,47+,48-,50+/m1/s1. The Morgan fingerprint density at radius 3 is 1.47 bits per heavy atom. The van der Waals surface area contributed by atoms with Gasteiger partial charge >= 0.3 is 29.8 Å². The lowest BCUT2D eigenvalue weighted by molar-refractivity contribution is -0.300. The average molecular weight is 904 g/mol. The molecule has 344 valence electrons. The van der Waals surface area contributed by atoms with E-state index in [1.54, 1.807) is 36.4 Å². The molecule has 0 aliphatic carbocycles. The summed E-state index contributed by atoms with van der Waals surface area (Å²) in [4.78, 5) is 75.5. The predicted octanol–water partition coefficient (Wildman–Crippen LogP) is 6.84. The van der Waals surface area contributed by atoms with Crippen molar-refractivity contribution in [3.05, 3.63) is 155 Å². The van der Waals surface area contributed by atoms with Crippen LogP contribution in [0.2, 0.25) is 0 Å². The number of carbonyl (C=O) groups excluding carboxylic acids is 6. The molecule has 1 amide bonds. The molecular formula is C50H49NO15. The van der Waals surface area contributed by atoms with Gasteiger partial charge in [-0.25, -0.2) is 0 Å². The summed E-state index contributed by atoms with van der Waals surface area (Å²) in [6.07, 6.45) is -7.82. The molecule has 0 bridgehead atoms. The second-order valence-electron chi connectivity index (χ2n) is 15.0. The van der Waals surface area contributed by atoms with E-state index in [1.807, 2.05) is 91.0 Å². The number of nitrogens with one attached hydrogen (secondary N) is 1. The molecule has 1 heterocycles. The summed E-state index contributed by atoms with van der Waals surface area (Å²) in [6, 6.07) is 38.3. The number of benzene rings is 5. The summed E-state index contributed by atoms with van der Waals surface area (Å²) < 4.78 is 51.7. The summed E-state index contributed by atoms with van der Waals surface area (Å²) in [6.45, 7) is 4.47. The van der Waals surface area contributed by atoms with Gasteiger partial charge in [0.25, 0.3) is 5.91 Å². The maximum Gasteiger partial charge on any atom is 0.312 e. The quantitative estimate of drug-likeness (QED) is 0.0667. The lowest BCUT2D eigenvalue weighted by Crippen LogP contribution is -2.63. The maximum absolute atomic E-state index is 14.0. The Morgan fingerprint density at radius 1 is 0.515 bits per heavy atom. The molecule has 0 saturated carbocycles. The largest absolute Gasteiger partial charge is 0.485 e. The van der Waals surface area contributed by atoms with Crippen LogP contribution >= 0.6 is 0 Å². The van der Waals surface area contributed by atoms with E-state index in [2.05, 4.69) is 5.32 Å². The lowest BCUT2D eigenvalue weighted by atomic mass is 9.98. The average Bonchev–Trinajstić information content (AvgIpc) is 3.29. The predicted molar refractivity (Wildman–Crippen MR) is 235 cm³/mol. The van der Waals surface area contributed by atoms with Gasteiger partial charge in [0.2, 0.25) is 18.1 Å². The van der Waals surface area contributed by atoms with Gasteiger partial charge in [0, 0.05) is 38.9 Å². The van der Waals surface area contributed by atoms with Gasteiger partial charge in [0.15, 0.2) is 23.7 Å². The third-order valence-corrected chi connectivity index (χ3v) is 9.74. The molecule has 66 heavy (non-hydrogen) atoms. The van der Waals surface area contributed by atoms with E-state index in [-0.39, 0.29) is 43.3 Å². The van der Waals surface area contributed by atoms with Gasteiger partial charge in [-0.1, -0.05) is 103 Å². The zero-order chi connectivity index (χ0) is 47.0. The van der Waals surface area contributed by atoms with Crippen LogP contribution in [0.4, 0.5) is 5.69 Å². The fourth-order valence-corrected chi connectivity index (χ4v) is 6.80. The Kier molecular flexibility index (Phi) is 16.8. The van der Waals surface area contributed by atoms with Gasteiger partial charge in [-0.05, 0) is 46.5 Å². The first-order valence-electron chi connectivity index (χ1n) is 20.9. The summed E-state index contributed by atoms with van der Waals surface area (Å²) in [5, 5.41) is 2.88. The van der Waals surface area contributed by atoms with Gasteiger partial charge in [-0.15, -0.1) is 0 Å². The molecular weight excluding hydrogens is 855 g/mol. The van der Waals surface area contributed by atoms with Crippen molar-refractivity contribution in [2.45, 2.75) is 84.6 Å². The van der Waals surface area contributed by atoms with Gasteiger partial charge in [-0.2, -0.15) is 0 Å². The van der Waals surface area contributed by atoms with Crippen molar-refractivity contribution in [2.24, 2.45) is 0 Å². The second-order valence-corrected chi connectivity index (χ2v) is 15.0. The zero-order valence-electron chi connectivity index (χ0n) is 36.7. The molecule has 16 nitrogen and oxygen atoms in total. The topological polar surface area (TPSA) is 198 Å².